The molecule has 1 unspecified atom stereocenters. The second kappa shape index (κ2) is 8.84. The van der Waals surface area contributed by atoms with Crippen LogP contribution >= 0.6 is 0 Å². The summed E-state index contributed by atoms with van der Waals surface area (Å²) in [6.45, 7) is 1.77. The van der Waals surface area contributed by atoms with E-state index in [4.69, 9.17) is 14.2 Å². The van der Waals surface area contributed by atoms with Crippen LogP contribution < -0.4 is 20.1 Å². The van der Waals surface area contributed by atoms with Gasteiger partial charge in [0, 0.05) is 12.6 Å². The van der Waals surface area contributed by atoms with Crippen LogP contribution in [0.1, 0.15) is 11.1 Å². The minimum Gasteiger partial charge on any atom is -0.473 e. The molecule has 7 nitrogen and oxygen atoms in total. The van der Waals surface area contributed by atoms with Gasteiger partial charge in [0.05, 0.1) is 31.4 Å². The molecule has 2 aliphatic heterocycles. The predicted molar refractivity (Wildman–Crippen MR) is 113 cm³/mol. The maximum atomic E-state index is 14.6. The largest absolute Gasteiger partial charge is 0.473 e. The van der Waals surface area contributed by atoms with Gasteiger partial charge in [0.25, 0.3) is 0 Å². The fraction of sp³-hybridized carbons (Fsp3) is 0.304. The van der Waals surface area contributed by atoms with Gasteiger partial charge in [-0.3, -0.25) is 4.57 Å². The van der Waals surface area contributed by atoms with E-state index in [0.717, 1.165) is 30.3 Å². The van der Waals surface area contributed by atoms with E-state index in [2.05, 4.69) is 4.98 Å². The molecule has 0 N–H and O–H groups in total. The summed E-state index contributed by atoms with van der Waals surface area (Å²) in [5.74, 6) is -2.83. The first-order valence-corrected chi connectivity index (χ1v) is 10.6. The van der Waals surface area contributed by atoms with Gasteiger partial charge in [0.2, 0.25) is 5.88 Å². The van der Waals surface area contributed by atoms with Crippen LogP contribution in [0.15, 0.2) is 47.3 Å². The number of nitrogens with zero attached hydrogens (tertiary/aromatic N) is 3. The molecule has 0 bridgehead atoms. The summed E-state index contributed by atoms with van der Waals surface area (Å²) in [4.78, 5) is 18.3. The van der Waals surface area contributed by atoms with Gasteiger partial charge in [-0.25, -0.2) is 13.6 Å². The molecule has 0 amide bonds. The summed E-state index contributed by atoms with van der Waals surface area (Å²) in [6, 6.07) is 7.18. The van der Waals surface area contributed by atoms with Crippen LogP contribution in [0.25, 0.3) is 0 Å². The van der Waals surface area contributed by atoms with Gasteiger partial charge in [0.15, 0.2) is 17.4 Å². The third-order valence-corrected chi connectivity index (χ3v) is 5.71. The fourth-order valence-corrected chi connectivity index (χ4v) is 4.08. The lowest BCUT2D eigenvalue weighted by molar-refractivity contribution is -0.137. The first-order chi connectivity index (χ1) is 16.7. The average molecular weight is 495 g/mol. The summed E-state index contributed by atoms with van der Waals surface area (Å²) < 4.78 is 85.2. The van der Waals surface area contributed by atoms with Crippen LogP contribution in [0.3, 0.4) is 0 Å². The Balaban J connectivity index is 1.31. The van der Waals surface area contributed by atoms with E-state index in [1.807, 2.05) is 4.90 Å². The van der Waals surface area contributed by atoms with Crippen LogP contribution in [0.5, 0.6) is 17.4 Å². The van der Waals surface area contributed by atoms with Gasteiger partial charge in [-0.2, -0.15) is 18.2 Å². The van der Waals surface area contributed by atoms with Gasteiger partial charge in [-0.15, -0.1) is 0 Å². The number of rotatable bonds is 5. The summed E-state index contributed by atoms with van der Waals surface area (Å²) in [5, 5.41) is 0. The van der Waals surface area contributed by atoms with Crippen LogP contribution in [0, 0.1) is 11.6 Å². The van der Waals surface area contributed by atoms with Crippen molar-refractivity contribution in [2.24, 2.45) is 0 Å². The molecule has 1 fully saturated rings. The average Bonchev–Trinajstić information content (AvgIpc) is 3.19. The number of benzene rings is 2. The molecule has 35 heavy (non-hydrogen) atoms. The number of fused-ring (bicyclic) bond motifs is 3. The fourth-order valence-electron chi connectivity index (χ4n) is 4.08. The van der Waals surface area contributed by atoms with Crippen molar-refractivity contribution in [2.75, 3.05) is 24.7 Å². The lowest BCUT2D eigenvalue weighted by Crippen LogP contribution is -2.43. The molecule has 184 valence electrons. The highest BCUT2D eigenvalue weighted by molar-refractivity contribution is 5.47. The lowest BCUT2D eigenvalue weighted by Gasteiger charge is -2.30. The molecule has 2 aromatic carbocycles. The van der Waals surface area contributed by atoms with Crippen LogP contribution in [-0.4, -0.2) is 35.4 Å². The minimum atomic E-state index is -4.63. The Hall–Kier alpha value is -3.67. The Morgan fingerprint density at radius 2 is 1.89 bits per heavy atom. The molecule has 1 atom stereocenters. The predicted octanol–water partition coefficient (Wildman–Crippen LogP) is 4.13. The highest BCUT2D eigenvalue weighted by atomic mass is 19.4. The van der Waals surface area contributed by atoms with Crippen molar-refractivity contribution >= 4 is 5.82 Å². The normalized spacial score (nSPS) is 17.2. The SMILES string of the molecule is O=c1nc(OCc2cc(F)c(Oc3cccc(C(F)(F)F)c3)c(F)c2)cc2n1CC1COCCN21. The second-order valence-corrected chi connectivity index (χ2v) is 8.07. The molecule has 0 radical (unpaired) electrons. The van der Waals surface area contributed by atoms with Crippen molar-refractivity contribution in [1.82, 2.24) is 9.55 Å². The van der Waals surface area contributed by atoms with Gasteiger partial charge in [-0.1, -0.05) is 6.07 Å². The lowest BCUT2D eigenvalue weighted by atomic mass is 10.2. The van der Waals surface area contributed by atoms with E-state index in [1.165, 1.54) is 4.57 Å². The second-order valence-electron chi connectivity index (χ2n) is 8.07. The van der Waals surface area contributed by atoms with Crippen molar-refractivity contribution in [3.05, 3.63) is 75.7 Å². The van der Waals surface area contributed by atoms with E-state index in [9.17, 15) is 26.7 Å². The van der Waals surface area contributed by atoms with Gasteiger partial charge in [-0.05, 0) is 35.9 Å². The molecule has 2 aliphatic rings. The molecule has 0 spiro atoms. The molecule has 1 saturated heterocycles. The Labute approximate surface area is 195 Å². The van der Waals surface area contributed by atoms with E-state index in [1.54, 1.807) is 6.07 Å². The van der Waals surface area contributed by atoms with Crippen molar-refractivity contribution in [2.45, 2.75) is 25.4 Å². The van der Waals surface area contributed by atoms with E-state index >= 15 is 0 Å². The molecule has 5 rings (SSSR count). The van der Waals surface area contributed by atoms with E-state index in [0.29, 0.717) is 38.2 Å². The Kier molecular flexibility index (Phi) is 5.83. The number of aromatic nitrogens is 2. The third-order valence-electron chi connectivity index (χ3n) is 5.71. The zero-order valence-corrected chi connectivity index (χ0v) is 18.0. The highest BCUT2D eigenvalue weighted by Gasteiger charge is 2.33. The number of ether oxygens (including phenoxy) is 3. The number of hydrogen-bond donors (Lipinski definition) is 0. The summed E-state index contributed by atoms with van der Waals surface area (Å²) in [6.07, 6.45) is -4.63. The topological polar surface area (TPSA) is 65.8 Å². The maximum absolute atomic E-state index is 14.6. The van der Waals surface area contributed by atoms with Crippen molar-refractivity contribution in [3.63, 3.8) is 0 Å². The molecule has 0 saturated carbocycles. The number of anilines is 1. The smallest absolute Gasteiger partial charge is 0.416 e. The number of morpholine rings is 1. The van der Waals surface area contributed by atoms with Crippen LogP contribution in [0.4, 0.5) is 27.8 Å². The molecule has 3 heterocycles. The standard InChI is InChI=1S/C23H18F5N3O4/c24-17-6-13(7-18(25)21(17)35-16-3-1-2-14(8-16)23(26,27)28)11-34-19-9-20-30-4-5-33-12-15(30)10-31(20)22(32)29-19/h1-3,6-9,15H,4-5,10-12H2. The van der Waals surface area contributed by atoms with Crippen molar-refractivity contribution in [1.29, 1.82) is 0 Å². The van der Waals surface area contributed by atoms with Crippen LogP contribution in [-0.2, 0) is 24.1 Å². The van der Waals surface area contributed by atoms with Gasteiger partial charge in [0.1, 0.15) is 18.2 Å². The molecular weight excluding hydrogens is 477 g/mol. The Morgan fingerprint density at radius 1 is 1.11 bits per heavy atom. The summed E-state index contributed by atoms with van der Waals surface area (Å²) in [7, 11) is 0. The first-order valence-electron chi connectivity index (χ1n) is 10.6. The number of hydrogen-bond acceptors (Lipinski definition) is 6. The first kappa shape index (κ1) is 23.1. The zero-order valence-electron chi connectivity index (χ0n) is 18.0. The number of halogens is 5. The van der Waals surface area contributed by atoms with Crippen LogP contribution in [0.2, 0.25) is 0 Å². The van der Waals surface area contributed by atoms with Crippen molar-refractivity contribution in [3.8, 4) is 17.4 Å². The number of alkyl halides is 3. The maximum Gasteiger partial charge on any atom is 0.416 e. The Bertz CT molecular complexity index is 1300. The molecule has 3 aromatic rings. The summed E-state index contributed by atoms with van der Waals surface area (Å²) in [5.41, 5.74) is -1.45. The quantitative estimate of drug-likeness (QED) is 0.496. The monoisotopic (exact) mass is 495 g/mol. The molecular formula is C23H18F5N3O4. The molecule has 1 aromatic heterocycles. The van der Waals surface area contributed by atoms with Gasteiger partial charge >= 0.3 is 11.9 Å². The molecule has 12 heteroatoms. The van der Waals surface area contributed by atoms with E-state index < -0.39 is 34.8 Å². The Morgan fingerprint density at radius 3 is 2.63 bits per heavy atom. The van der Waals surface area contributed by atoms with Crippen molar-refractivity contribution < 1.29 is 36.2 Å². The highest BCUT2D eigenvalue weighted by Crippen LogP contribution is 2.34. The van der Waals surface area contributed by atoms with E-state index in [-0.39, 0.29) is 29.8 Å². The van der Waals surface area contributed by atoms with Gasteiger partial charge < -0.3 is 19.1 Å². The summed E-state index contributed by atoms with van der Waals surface area (Å²) >= 11 is 0. The minimum absolute atomic E-state index is 0.00139. The third kappa shape index (κ3) is 4.65. The molecule has 0 aliphatic carbocycles. The zero-order chi connectivity index (χ0) is 24.7.